The monoisotopic (exact) mass is 412 g/mol. The number of fused-ring (bicyclic) bond motifs is 1. The number of hydrogen-bond acceptors (Lipinski definition) is 3. The second-order valence-electron chi connectivity index (χ2n) is 6.95. The summed E-state index contributed by atoms with van der Waals surface area (Å²) in [6.07, 6.45) is 1.96. The number of benzene rings is 2. The lowest BCUT2D eigenvalue weighted by molar-refractivity contribution is -0.121. The van der Waals surface area contributed by atoms with Gasteiger partial charge in [0.25, 0.3) is 5.91 Å². The number of nitrogens with one attached hydrogen (secondary N) is 2. The van der Waals surface area contributed by atoms with Crippen LogP contribution in [0.2, 0.25) is 5.02 Å². The van der Waals surface area contributed by atoms with E-state index in [-0.39, 0.29) is 24.4 Å². The lowest BCUT2D eigenvalue weighted by atomic mass is 10.2. The predicted molar refractivity (Wildman–Crippen MR) is 115 cm³/mol. The molecular weight excluding hydrogens is 388 g/mol. The Kier molecular flexibility index (Phi) is 6.88. The van der Waals surface area contributed by atoms with Crippen LogP contribution in [-0.2, 0) is 11.3 Å². The number of hydrogen-bond donors (Lipinski definition) is 2. The van der Waals surface area contributed by atoms with Crippen molar-refractivity contribution in [2.45, 2.75) is 39.3 Å². The van der Waals surface area contributed by atoms with Gasteiger partial charge in [0.2, 0.25) is 5.91 Å². The third-order valence-electron chi connectivity index (χ3n) is 4.68. The normalized spacial score (nSPS) is 12.0. The molecule has 1 aromatic heterocycles. The summed E-state index contributed by atoms with van der Waals surface area (Å²) in [5.41, 5.74) is 2.17. The Hall–Kier alpha value is -2.86. The van der Waals surface area contributed by atoms with Crippen LogP contribution in [0.1, 0.15) is 48.9 Å². The minimum atomic E-state index is -0.381. The second kappa shape index (κ2) is 9.56. The maximum Gasteiger partial charge on any atom is 0.251 e. The average molecular weight is 413 g/mol. The van der Waals surface area contributed by atoms with Gasteiger partial charge in [0.1, 0.15) is 12.4 Å². The highest BCUT2D eigenvalue weighted by atomic mass is 35.5. The number of halogens is 1. The van der Waals surface area contributed by atoms with Crippen molar-refractivity contribution in [2.24, 2.45) is 0 Å². The number of para-hydroxylation sites is 2. The van der Waals surface area contributed by atoms with E-state index < -0.39 is 0 Å². The molecule has 0 saturated heterocycles. The first-order valence-electron chi connectivity index (χ1n) is 9.78. The number of carbonyl (C=O) groups excluding carboxylic acids is 2. The summed E-state index contributed by atoms with van der Waals surface area (Å²) < 4.78 is 1.86. The molecule has 6 nitrogen and oxygen atoms in total. The number of rotatable bonds is 8. The van der Waals surface area contributed by atoms with Crippen molar-refractivity contribution < 1.29 is 9.59 Å². The summed E-state index contributed by atoms with van der Waals surface area (Å²) >= 11 is 5.89. The van der Waals surface area contributed by atoms with Gasteiger partial charge < -0.3 is 15.2 Å². The lowest BCUT2D eigenvalue weighted by Gasteiger charge is -2.16. The number of carbonyl (C=O) groups is 2. The van der Waals surface area contributed by atoms with Gasteiger partial charge in [-0.25, -0.2) is 4.98 Å². The van der Waals surface area contributed by atoms with Crippen LogP contribution in [0.3, 0.4) is 0 Å². The SMILES string of the molecule is CCCCNC(=O)Cn1c(C(C)NC(=O)c2ccc(Cl)cc2)nc2ccccc21. The average Bonchev–Trinajstić information content (AvgIpc) is 3.07. The van der Waals surface area contributed by atoms with Crippen molar-refractivity contribution in [1.29, 1.82) is 0 Å². The first-order chi connectivity index (χ1) is 14.0. The van der Waals surface area contributed by atoms with Gasteiger partial charge in [-0.2, -0.15) is 0 Å². The summed E-state index contributed by atoms with van der Waals surface area (Å²) in [5, 5.41) is 6.47. The molecule has 0 radical (unpaired) electrons. The van der Waals surface area contributed by atoms with Gasteiger partial charge in [0.15, 0.2) is 0 Å². The van der Waals surface area contributed by atoms with Crippen LogP contribution in [-0.4, -0.2) is 27.9 Å². The Morgan fingerprint density at radius 3 is 2.59 bits per heavy atom. The van der Waals surface area contributed by atoms with E-state index in [0.29, 0.717) is 23.0 Å². The van der Waals surface area contributed by atoms with Crippen LogP contribution < -0.4 is 10.6 Å². The molecule has 0 aliphatic heterocycles. The van der Waals surface area contributed by atoms with Crippen molar-refractivity contribution in [2.75, 3.05) is 6.54 Å². The second-order valence-corrected chi connectivity index (χ2v) is 7.39. The van der Waals surface area contributed by atoms with Gasteiger partial charge >= 0.3 is 0 Å². The number of amides is 2. The van der Waals surface area contributed by atoms with E-state index in [0.717, 1.165) is 23.9 Å². The molecule has 2 amide bonds. The fourth-order valence-corrected chi connectivity index (χ4v) is 3.27. The summed E-state index contributed by atoms with van der Waals surface area (Å²) in [6.45, 7) is 4.75. The zero-order chi connectivity index (χ0) is 20.8. The largest absolute Gasteiger partial charge is 0.355 e. The molecule has 0 bridgehead atoms. The molecule has 29 heavy (non-hydrogen) atoms. The molecule has 1 unspecified atom stereocenters. The van der Waals surface area contributed by atoms with E-state index in [9.17, 15) is 9.59 Å². The highest BCUT2D eigenvalue weighted by Crippen LogP contribution is 2.21. The maximum atomic E-state index is 12.6. The van der Waals surface area contributed by atoms with E-state index in [1.54, 1.807) is 24.3 Å². The molecule has 1 atom stereocenters. The Bertz CT molecular complexity index is 998. The van der Waals surface area contributed by atoms with Crippen LogP contribution >= 0.6 is 11.6 Å². The van der Waals surface area contributed by atoms with E-state index in [1.807, 2.05) is 35.8 Å². The molecule has 0 saturated carbocycles. The first kappa shape index (κ1) is 20.9. The summed E-state index contributed by atoms with van der Waals surface area (Å²) in [4.78, 5) is 29.7. The minimum Gasteiger partial charge on any atom is -0.355 e. The third-order valence-corrected chi connectivity index (χ3v) is 4.93. The molecule has 152 valence electrons. The summed E-state index contributed by atoms with van der Waals surface area (Å²) in [7, 11) is 0. The van der Waals surface area contributed by atoms with Crippen LogP contribution in [0, 0.1) is 0 Å². The molecule has 0 aliphatic rings. The zero-order valence-electron chi connectivity index (χ0n) is 16.6. The number of aromatic nitrogens is 2. The Morgan fingerprint density at radius 2 is 1.86 bits per heavy atom. The molecule has 7 heteroatoms. The Morgan fingerprint density at radius 1 is 1.14 bits per heavy atom. The number of unbranched alkanes of at least 4 members (excludes halogenated alkanes) is 1. The van der Waals surface area contributed by atoms with Gasteiger partial charge in [0.05, 0.1) is 17.1 Å². The lowest BCUT2D eigenvalue weighted by Crippen LogP contribution is -2.32. The zero-order valence-corrected chi connectivity index (χ0v) is 17.4. The van der Waals surface area contributed by atoms with Gasteiger partial charge in [-0.15, -0.1) is 0 Å². The van der Waals surface area contributed by atoms with Gasteiger partial charge in [0, 0.05) is 17.1 Å². The van der Waals surface area contributed by atoms with Gasteiger partial charge in [-0.05, 0) is 49.7 Å². The Labute approximate surface area is 175 Å². The van der Waals surface area contributed by atoms with Crippen LogP contribution in [0.15, 0.2) is 48.5 Å². The molecule has 1 heterocycles. The minimum absolute atomic E-state index is 0.0703. The molecule has 3 rings (SSSR count). The maximum absolute atomic E-state index is 12.6. The topological polar surface area (TPSA) is 76.0 Å². The van der Waals surface area contributed by atoms with Crippen molar-refractivity contribution in [1.82, 2.24) is 20.2 Å². The molecule has 0 fully saturated rings. The van der Waals surface area contributed by atoms with E-state index in [4.69, 9.17) is 11.6 Å². The quantitative estimate of drug-likeness (QED) is 0.547. The van der Waals surface area contributed by atoms with Gasteiger partial charge in [-0.3, -0.25) is 9.59 Å². The predicted octanol–water partition coefficient (Wildman–Crippen LogP) is 4.10. The van der Waals surface area contributed by atoms with Crippen molar-refractivity contribution in [3.8, 4) is 0 Å². The highest BCUT2D eigenvalue weighted by molar-refractivity contribution is 6.30. The molecular formula is C22H25ClN4O2. The third kappa shape index (κ3) is 5.15. The van der Waals surface area contributed by atoms with Crippen molar-refractivity contribution in [3.05, 3.63) is 64.9 Å². The van der Waals surface area contributed by atoms with E-state index in [2.05, 4.69) is 22.5 Å². The molecule has 0 spiro atoms. The van der Waals surface area contributed by atoms with Gasteiger partial charge in [-0.1, -0.05) is 37.1 Å². The van der Waals surface area contributed by atoms with E-state index in [1.165, 1.54) is 0 Å². The molecule has 3 aromatic rings. The molecule has 2 aromatic carbocycles. The highest BCUT2D eigenvalue weighted by Gasteiger charge is 2.20. The van der Waals surface area contributed by atoms with Crippen molar-refractivity contribution in [3.63, 3.8) is 0 Å². The smallest absolute Gasteiger partial charge is 0.251 e. The molecule has 0 aliphatic carbocycles. The number of imidazole rings is 1. The van der Waals surface area contributed by atoms with Crippen molar-refractivity contribution >= 4 is 34.4 Å². The number of nitrogens with zero attached hydrogens (tertiary/aromatic N) is 2. The Balaban J connectivity index is 1.82. The standard InChI is InChI=1S/C22H25ClN4O2/c1-3-4-13-24-20(28)14-27-19-8-6-5-7-18(19)26-21(27)15(2)25-22(29)16-9-11-17(23)12-10-16/h5-12,15H,3-4,13-14H2,1-2H3,(H,24,28)(H,25,29). The van der Waals surface area contributed by atoms with Crippen LogP contribution in [0.5, 0.6) is 0 Å². The summed E-state index contributed by atoms with van der Waals surface area (Å²) in [5.74, 6) is 0.346. The fourth-order valence-electron chi connectivity index (χ4n) is 3.14. The van der Waals surface area contributed by atoms with E-state index >= 15 is 0 Å². The van der Waals surface area contributed by atoms with Crippen LogP contribution in [0.25, 0.3) is 11.0 Å². The first-order valence-corrected chi connectivity index (χ1v) is 10.2. The fraction of sp³-hybridized carbons (Fsp3) is 0.318. The van der Waals surface area contributed by atoms with Crippen LogP contribution in [0.4, 0.5) is 0 Å². The summed E-state index contributed by atoms with van der Waals surface area (Å²) in [6, 6.07) is 14.0. The molecule has 2 N–H and O–H groups in total.